The zero-order valence-electron chi connectivity index (χ0n) is 9.45. The second-order valence-electron chi connectivity index (χ2n) is 3.63. The summed E-state index contributed by atoms with van der Waals surface area (Å²) in [7, 11) is -2.37. The molecule has 1 aliphatic rings. The predicted molar refractivity (Wildman–Crippen MR) is 65.6 cm³/mol. The van der Waals surface area contributed by atoms with E-state index in [9.17, 15) is 13.2 Å². The summed E-state index contributed by atoms with van der Waals surface area (Å²) in [5, 5.41) is 9.89. The largest absolute Gasteiger partial charge is 0.497 e. The van der Waals surface area contributed by atoms with Crippen LogP contribution in [0.4, 0.5) is 0 Å². The zero-order chi connectivity index (χ0) is 13.3. The summed E-state index contributed by atoms with van der Waals surface area (Å²) in [4.78, 5) is 10.4. The van der Waals surface area contributed by atoms with Gasteiger partial charge in [-0.15, -0.1) is 0 Å². The number of carboxylic acid groups (broad SMARTS) is 1. The van der Waals surface area contributed by atoms with Crippen LogP contribution < -0.4 is 4.74 Å². The van der Waals surface area contributed by atoms with E-state index in [1.54, 1.807) is 24.3 Å². The molecule has 94 valence electrons. The van der Waals surface area contributed by atoms with Gasteiger partial charge < -0.3 is 9.84 Å². The van der Waals surface area contributed by atoms with E-state index < -0.39 is 20.7 Å². The van der Waals surface area contributed by atoms with Gasteiger partial charge in [-0.05, 0) is 23.8 Å². The molecule has 18 heavy (non-hydrogen) atoms. The molecule has 1 aromatic rings. The van der Waals surface area contributed by atoms with Gasteiger partial charge in [0.2, 0.25) is 9.84 Å². The Balaban J connectivity index is 2.65. The highest BCUT2D eigenvalue weighted by Crippen LogP contribution is 2.32. The maximum Gasteiger partial charge on any atom is 0.348 e. The normalized spacial score (nSPS) is 16.9. The highest BCUT2D eigenvalue weighted by atomic mass is 32.2. The molecule has 1 aromatic carbocycles. The molecule has 0 bridgehead atoms. The monoisotopic (exact) mass is 266 g/mol. The lowest BCUT2D eigenvalue weighted by molar-refractivity contribution is -0.131. The van der Waals surface area contributed by atoms with Crippen LogP contribution >= 0.6 is 0 Å². The van der Waals surface area contributed by atoms with Crippen molar-refractivity contribution in [2.45, 2.75) is 0 Å². The van der Waals surface area contributed by atoms with Crippen LogP contribution in [0.5, 0.6) is 5.75 Å². The number of carbonyl (C=O) groups is 1. The van der Waals surface area contributed by atoms with E-state index in [1.807, 2.05) is 0 Å². The fraction of sp³-hybridized carbons (Fsp3) is 0.0833. The summed E-state index contributed by atoms with van der Waals surface area (Å²) in [5.41, 5.74) is 0.658. The Morgan fingerprint density at radius 2 is 2.06 bits per heavy atom. The summed E-state index contributed by atoms with van der Waals surface area (Å²) < 4.78 is 28.2. The van der Waals surface area contributed by atoms with Crippen LogP contribution in [-0.2, 0) is 14.6 Å². The van der Waals surface area contributed by atoms with Crippen molar-refractivity contribution in [3.05, 3.63) is 46.2 Å². The smallest absolute Gasteiger partial charge is 0.348 e. The maximum absolute atomic E-state index is 11.6. The highest BCUT2D eigenvalue weighted by molar-refractivity contribution is 7.99. The molecule has 5 nitrogen and oxygen atoms in total. The molecule has 1 aliphatic heterocycles. The number of rotatable bonds is 3. The van der Waals surface area contributed by atoms with Gasteiger partial charge >= 0.3 is 5.97 Å². The third-order valence-electron chi connectivity index (χ3n) is 2.52. The Bertz CT molecular complexity index is 667. The molecule has 0 unspecified atom stereocenters. The summed E-state index contributed by atoms with van der Waals surface area (Å²) in [5.74, 6) is -0.930. The number of aliphatic carboxylic acids is 1. The van der Waals surface area contributed by atoms with Crippen LogP contribution in [0.25, 0.3) is 5.57 Å². The molecule has 0 saturated carbocycles. The van der Waals surface area contributed by atoms with Gasteiger partial charge in [0, 0.05) is 11.0 Å². The third kappa shape index (κ3) is 2.02. The van der Waals surface area contributed by atoms with E-state index in [2.05, 4.69) is 0 Å². The average molecular weight is 266 g/mol. The van der Waals surface area contributed by atoms with E-state index in [1.165, 1.54) is 13.2 Å². The van der Waals surface area contributed by atoms with Gasteiger partial charge in [-0.25, -0.2) is 13.2 Å². The Morgan fingerprint density at radius 3 is 2.67 bits per heavy atom. The first-order chi connectivity index (χ1) is 8.45. The molecule has 1 heterocycles. The summed E-state index contributed by atoms with van der Waals surface area (Å²) in [6.07, 6.45) is 1.29. The molecule has 0 aliphatic carbocycles. The molecule has 0 atom stereocenters. The number of methoxy groups -OCH3 is 1. The van der Waals surface area contributed by atoms with E-state index in [0.29, 0.717) is 11.3 Å². The second kappa shape index (κ2) is 4.30. The van der Waals surface area contributed by atoms with Crippen molar-refractivity contribution in [2.75, 3.05) is 7.11 Å². The van der Waals surface area contributed by atoms with Gasteiger partial charge in [0.1, 0.15) is 5.75 Å². The average Bonchev–Trinajstić information content (AvgIpc) is 2.65. The summed E-state index contributed by atoms with van der Waals surface area (Å²) >= 11 is 0. The van der Waals surface area contributed by atoms with Crippen molar-refractivity contribution >= 4 is 21.4 Å². The van der Waals surface area contributed by atoms with Crippen molar-refractivity contribution in [2.24, 2.45) is 0 Å². The quantitative estimate of drug-likeness (QED) is 0.895. The molecule has 1 N–H and O–H groups in total. The maximum atomic E-state index is 11.6. The number of ether oxygens (including phenoxy) is 1. The fourth-order valence-corrected chi connectivity index (χ4v) is 2.90. The van der Waals surface area contributed by atoms with E-state index in [4.69, 9.17) is 9.84 Å². The van der Waals surface area contributed by atoms with Gasteiger partial charge in [0.25, 0.3) is 0 Å². The van der Waals surface area contributed by atoms with E-state index in [-0.39, 0.29) is 5.57 Å². The molecule has 0 aromatic heterocycles. The predicted octanol–water partition coefficient (Wildman–Crippen LogP) is 1.43. The lowest BCUT2D eigenvalue weighted by Gasteiger charge is -2.05. The molecular weight excluding hydrogens is 256 g/mol. The van der Waals surface area contributed by atoms with Crippen molar-refractivity contribution in [1.82, 2.24) is 0 Å². The molecule has 0 amide bonds. The first-order valence-corrected chi connectivity index (χ1v) is 6.55. The molecule has 0 spiro atoms. The standard InChI is InChI=1S/C12H10O5S/c1-17-9-4-2-3-8(7-9)10-5-6-18(15,16)11(10)12(13)14/h2-7H,1H3,(H,13,14). The molecule has 0 saturated heterocycles. The Kier molecular flexibility index (Phi) is 2.96. The van der Waals surface area contributed by atoms with E-state index in [0.717, 1.165) is 5.41 Å². The van der Waals surface area contributed by atoms with Gasteiger partial charge in [0.05, 0.1) is 7.11 Å². The lowest BCUT2D eigenvalue weighted by atomic mass is 10.1. The van der Waals surface area contributed by atoms with Crippen molar-refractivity contribution in [1.29, 1.82) is 0 Å². The number of benzene rings is 1. The van der Waals surface area contributed by atoms with Crippen LogP contribution in [0, 0.1) is 0 Å². The number of carboxylic acids is 1. The molecule has 6 heteroatoms. The second-order valence-corrected chi connectivity index (χ2v) is 5.40. The van der Waals surface area contributed by atoms with Crippen LogP contribution in [0.2, 0.25) is 0 Å². The topological polar surface area (TPSA) is 80.7 Å². The summed E-state index contributed by atoms with van der Waals surface area (Å²) in [6, 6.07) is 6.58. The number of hydrogen-bond donors (Lipinski definition) is 1. The lowest BCUT2D eigenvalue weighted by Crippen LogP contribution is -2.09. The van der Waals surface area contributed by atoms with Gasteiger partial charge in [0.15, 0.2) is 4.91 Å². The number of allylic oxidation sites excluding steroid dienone is 2. The van der Waals surface area contributed by atoms with Gasteiger partial charge in [-0.3, -0.25) is 0 Å². The van der Waals surface area contributed by atoms with Crippen molar-refractivity contribution < 1.29 is 23.1 Å². The van der Waals surface area contributed by atoms with Crippen molar-refractivity contribution in [3.8, 4) is 5.75 Å². The number of hydrogen-bond acceptors (Lipinski definition) is 4. The highest BCUT2D eigenvalue weighted by Gasteiger charge is 2.31. The Morgan fingerprint density at radius 1 is 1.33 bits per heavy atom. The minimum absolute atomic E-state index is 0.168. The SMILES string of the molecule is COc1cccc(C2=C(C(=O)O)S(=O)(=O)C=C2)c1. The molecule has 0 radical (unpaired) electrons. The first-order valence-electron chi connectivity index (χ1n) is 5.01. The fourth-order valence-electron chi connectivity index (χ4n) is 1.71. The Hall–Kier alpha value is -2.08. The zero-order valence-corrected chi connectivity index (χ0v) is 10.3. The summed E-state index contributed by atoms with van der Waals surface area (Å²) in [6.45, 7) is 0. The van der Waals surface area contributed by atoms with Crippen LogP contribution in [0.15, 0.2) is 40.7 Å². The Labute approximate surface area is 104 Å². The minimum Gasteiger partial charge on any atom is -0.497 e. The van der Waals surface area contributed by atoms with Crippen LogP contribution in [0.1, 0.15) is 5.56 Å². The van der Waals surface area contributed by atoms with Gasteiger partial charge in [-0.1, -0.05) is 12.1 Å². The van der Waals surface area contributed by atoms with Crippen LogP contribution in [-0.4, -0.2) is 26.6 Å². The van der Waals surface area contributed by atoms with E-state index >= 15 is 0 Å². The molecule has 2 rings (SSSR count). The minimum atomic E-state index is -3.84. The third-order valence-corrected chi connectivity index (χ3v) is 3.98. The van der Waals surface area contributed by atoms with Crippen LogP contribution in [0.3, 0.4) is 0 Å². The van der Waals surface area contributed by atoms with Gasteiger partial charge in [-0.2, -0.15) is 0 Å². The van der Waals surface area contributed by atoms with Crippen molar-refractivity contribution in [3.63, 3.8) is 0 Å². The molecular formula is C12H10O5S. The number of sulfone groups is 1. The first kappa shape index (κ1) is 12.4. The molecule has 0 fully saturated rings.